The third-order valence-electron chi connectivity index (χ3n) is 2.87. The third-order valence-corrected chi connectivity index (χ3v) is 3.33. The number of carbonyl (C=O) groups is 1. The van der Waals surface area contributed by atoms with Gasteiger partial charge in [0.1, 0.15) is 5.75 Å². The van der Waals surface area contributed by atoms with Crippen molar-refractivity contribution in [2.75, 3.05) is 5.32 Å². The second-order valence-electron chi connectivity index (χ2n) is 4.70. The number of aryl methyl sites for hydroxylation is 1. The van der Waals surface area contributed by atoms with Crippen molar-refractivity contribution in [2.45, 2.75) is 13.1 Å². The Morgan fingerprint density at radius 3 is 2.41 bits per heavy atom. The van der Waals surface area contributed by atoms with Crippen LogP contribution in [0.4, 0.5) is 18.9 Å². The maximum Gasteiger partial charge on any atom is 0.416 e. The fraction of sp³-hybridized carbons (Fsp3) is 0.133. The van der Waals surface area contributed by atoms with Crippen LogP contribution in [0.3, 0.4) is 0 Å². The van der Waals surface area contributed by atoms with E-state index in [2.05, 4.69) is 21.2 Å². The van der Waals surface area contributed by atoms with E-state index in [4.69, 9.17) is 0 Å². The number of carbonyl (C=O) groups excluding carboxylic acids is 1. The van der Waals surface area contributed by atoms with Crippen molar-refractivity contribution in [3.8, 4) is 5.75 Å². The highest BCUT2D eigenvalue weighted by Gasteiger charge is 2.31. The molecule has 0 aliphatic rings. The Balaban J connectivity index is 2.26. The Morgan fingerprint density at radius 2 is 1.86 bits per heavy atom. The highest BCUT2D eigenvalue weighted by Crippen LogP contribution is 2.33. The second kappa shape index (κ2) is 6.00. The molecule has 7 heteroatoms. The molecule has 0 saturated heterocycles. The highest BCUT2D eigenvalue weighted by molar-refractivity contribution is 9.10. The number of aromatic hydroxyl groups is 1. The third kappa shape index (κ3) is 3.79. The summed E-state index contributed by atoms with van der Waals surface area (Å²) in [5.74, 6) is -1.41. The van der Waals surface area contributed by atoms with Gasteiger partial charge in [-0.25, -0.2) is 0 Å². The Morgan fingerprint density at radius 1 is 1.18 bits per heavy atom. The summed E-state index contributed by atoms with van der Waals surface area (Å²) in [6.07, 6.45) is -4.58. The number of phenolic OH excluding ortho intramolecular Hbond substituents is 1. The fourth-order valence-corrected chi connectivity index (χ4v) is 2.51. The Bertz CT molecular complexity index is 709. The van der Waals surface area contributed by atoms with E-state index in [1.807, 2.05) is 13.0 Å². The van der Waals surface area contributed by atoms with Gasteiger partial charge in [0, 0.05) is 10.2 Å². The van der Waals surface area contributed by atoms with Crippen LogP contribution < -0.4 is 5.32 Å². The molecule has 0 spiro atoms. The summed E-state index contributed by atoms with van der Waals surface area (Å²) in [5, 5.41) is 12.2. The quantitative estimate of drug-likeness (QED) is 0.798. The first-order valence-corrected chi connectivity index (χ1v) is 6.95. The molecular formula is C15H11BrF3NO2. The van der Waals surface area contributed by atoms with Crippen LogP contribution in [0, 0.1) is 6.92 Å². The van der Waals surface area contributed by atoms with Gasteiger partial charge < -0.3 is 10.4 Å². The van der Waals surface area contributed by atoms with E-state index in [1.54, 1.807) is 12.1 Å². The molecule has 2 N–H and O–H groups in total. The molecule has 3 nitrogen and oxygen atoms in total. The summed E-state index contributed by atoms with van der Waals surface area (Å²) in [5.41, 5.74) is 0.114. The van der Waals surface area contributed by atoms with Crippen LogP contribution in [0.25, 0.3) is 0 Å². The van der Waals surface area contributed by atoms with Crippen LogP contribution in [0.1, 0.15) is 21.5 Å². The van der Waals surface area contributed by atoms with Crippen LogP contribution in [-0.4, -0.2) is 11.0 Å². The van der Waals surface area contributed by atoms with E-state index < -0.39 is 23.4 Å². The summed E-state index contributed by atoms with van der Waals surface area (Å²) in [6, 6.07) is 7.40. The lowest BCUT2D eigenvalue weighted by Crippen LogP contribution is -2.13. The molecule has 0 fully saturated rings. The molecule has 1 amide bonds. The van der Waals surface area contributed by atoms with Gasteiger partial charge in [0.15, 0.2) is 0 Å². The molecule has 0 saturated carbocycles. The lowest BCUT2D eigenvalue weighted by atomic mass is 10.1. The van der Waals surface area contributed by atoms with Crippen molar-refractivity contribution in [3.05, 3.63) is 57.6 Å². The number of hydrogen-bond donors (Lipinski definition) is 2. The summed E-state index contributed by atoms with van der Waals surface area (Å²) in [7, 11) is 0. The number of rotatable bonds is 2. The average Bonchev–Trinajstić information content (AvgIpc) is 2.35. The van der Waals surface area contributed by atoms with Crippen LogP contribution in [0.5, 0.6) is 5.75 Å². The molecule has 0 radical (unpaired) electrons. The lowest BCUT2D eigenvalue weighted by molar-refractivity contribution is -0.137. The van der Waals surface area contributed by atoms with E-state index in [0.29, 0.717) is 11.8 Å². The average molecular weight is 374 g/mol. The minimum absolute atomic E-state index is 0.231. The van der Waals surface area contributed by atoms with E-state index in [1.165, 1.54) is 0 Å². The normalized spacial score (nSPS) is 11.3. The molecule has 2 aromatic rings. The summed E-state index contributed by atoms with van der Waals surface area (Å²) in [6.45, 7) is 1.83. The highest BCUT2D eigenvalue weighted by atomic mass is 79.9. The van der Waals surface area contributed by atoms with E-state index in [-0.39, 0.29) is 5.56 Å². The summed E-state index contributed by atoms with van der Waals surface area (Å²) < 4.78 is 38.3. The summed E-state index contributed by atoms with van der Waals surface area (Å²) >= 11 is 3.28. The second-order valence-corrected chi connectivity index (χ2v) is 5.62. The Hall–Kier alpha value is -2.02. The molecule has 22 heavy (non-hydrogen) atoms. The zero-order valence-electron chi connectivity index (χ0n) is 11.3. The standard InChI is InChI=1S/C15H11BrF3NO2/c1-8-4-10(16)7-11(5-8)20-14(22)12-3-2-9(6-13(12)21)15(17,18)19/h2-7,21H,1H3,(H,20,22). The number of benzene rings is 2. The van der Waals surface area contributed by atoms with Gasteiger partial charge >= 0.3 is 6.18 Å². The molecule has 0 aliphatic carbocycles. The van der Waals surface area contributed by atoms with Gasteiger partial charge in [-0.15, -0.1) is 0 Å². The lowest BCUT2D eigenvalue weighted by Gasteiger charge is -2.11. The monoisotopic (exact) mass is 373 g/mol. The summed E-state index contributed by atoms with van der Waals surface area (Å²) in [4.78, 5) is 12.1. The molecule has 0 unspecified atom stereocenters. The number of nitrogens with one attached hydrogen (secondary N) is 1. The maximum atomic E-state index is 12.5. The van der Waals surface area contributed by atoms with Gasteiger partial charge in [0.25, 0.3) is 5.91 Å². The van der Waals surface area contributed by atoms with Gasteiger partial charge in [0.2, 0.25) is 0 Å². The van der Waals surface area contributed by atoms with Crippen molar-refractivity contribution in [3.63, 3.8) is 0 Å². The maximum absolute atomic E-state index is 12.5. The molecular weight excluding hydrogens is 363 g/mol. The zero-order chi connectivity index (χ0) is 16.5. The first-order valence-electron chi connectivity index (χ1n) is 6.15. The Kier molecular flexibility index (Phi) is 4.46. The molecule has 2 rings (SSSR count). The first-order chi connectivity index (χ1) is 10.2. The SMILES string of the molecule is Cc1cc(Br)cc(NC(=O)c2ccc(C(F)(F)F)cc2O)c1. The zero-order valence-corrected chi connectivity index (χ0v) is 12.9. The Labute approximate surface area is 132 Å². The van der Waals surface area contributed by atoms with Gasteiger partial charge in [0.05, 0.1) is 11.1 Å². The minimum Gasteiger partial charge on any atom is -0.507 e. The van der Waals surface area contributed by atoms with Crippen molar-refractivity contribution in [1.29, 1.82) is 0 Å². The number of amides is 1. The van der Waals surface area contributed by atoms with Gasteiger partial charge in [-0.3, -0.25) is 4.79 Å². The van der Waals surface area contributed by atoms with Crippen molar-refractivity contribution in [1.82, 2.24) is 0 Å². The van der Waals surface area contributed by atoms with Gasteiger partial charge in [-0.2, -0.15) is 13.2 Å². The van der Waals surface area contributed by atoms with Gasteiger partial charge in [-0.1, -0.05) is 15.9 Å². The predicted molar refractivity (Wildman–Crippen MR) is 79.9 cm³/mol. The predicted octanol–water partition coefficient (Wildman–Crippen LogP) is 4.73. The topological polar surface area (TPSA) is 49.3 Å². The van der Waals surface area contributed by atoms with Crippen molar-refractivity contribution >= 4 is 27.5 Å². The first kappa shape index (κ1) is 16.4. The van der Waals surface area contributed by atoms with E-state index in [9.17, 15) is 23.1 Å². The number of halogens is 4. The van der Waals surface area contributed by atoms with Crippen LogP contribution in [0.15, 0.2) is 40.9 Å². The fourth-order valence-electron chi connectivity index (χ4n) is 1.91. The number of hydrogen-bond acceptors (Lipinski definition) is 2. The van der Waals surface area contributed by atoms with Crippen molar-refractivity contribution in [2.24, 2.45) is 0 Å². The van der Waals surface area contributed by atoms with Crippen LogP contribution >= 0.6 is 15.9 Å². The molecule has 0 heterocycles. The molecule has 0 aromatic heterocycles. The molecule has 116 valence electrons. The van der Waals surface area contributed by atoms with Crippen LogP contribution in [0.2, 0.25) is 0 Å². The molecule has 0 atom stereocenters. The molecule has 2 aromatic carbocycles. The van der Waals surface area contributed by atoms with Crippen molar-refractivity contribution < 1.29 is 23.1 Å². The van der Waals surface area contributed by atoms with E-state index in [0.717, 1.165) is 22.2 Å². The molecule has 0 bridgehead atoms. The smallest absolute Gasteiger partial charge is 0.416 e. The number of alkyl halides is 3. The largest absolute Gasteiger partial charge is 0.507 e. The number of phenols is 1. The van der Waals surface area contributed by atoms with Gasteiger partial charge in [-0.05, 0) is 48.9 Å². The molecule has 0 aliphatic heterocycles. The number of anilines is 1. The van der Waals surface area contributed by atoms with Crippen LogP contribution in [-0.2, 0) is 6.18 Å². The van der Waals surface area contributed by atoms with E-state index >= 15 is 0 Å². The minimum atomic E-state index is -4.58.